The standard InChI is InChI=1S/C21H21BN6O4/c1-12-9-16-15(18(23)29)7-4-8-17(16)28(12)21-25-19(20(32-2)26-27-21)24-11-13-5-3-6-14(10-13)22(30)31/h3-10,30-31H,11H2,1-2H3,(H2,23,29)(H,24,25,27). The van der Waals surface area contributed by atoms with Crippen molar-refractivity contribution in [1.82, 2.24) is 19.7 Å². The summed E-state index contributed by atoms with van der Waals surface area (Å²) >= 11 is 0. The van der Waals surface area contributed by atoms with Crippen LogP contribution in [0.4, 0.5) is 5.82 Å². The first kappa shape index (κ1) is 21.3. The maximum Gasteiger partial charge on any atom is 0.488 e. The van der Waals surface area contributed by atoms with Gasteiger partial charge in [-0.1, -0.05) is 30.3 Å². The number of anilines is 1. The quantitative estimate of drug-likeness (QED) is 0.309. The van der Waals surface area contributed by atoms with Crippen molar-refractivity contribution in [3.63, 3.8) is 0 Å². The van der Waals surface area contributed by atoms with E-state index >= 15 is 0 Å². The fourth-order valence-electron chi connectivity index (χ4n) is 3.55. The Bertz CT molecular complexity index is 1310. The van der Waals surface area contributed by atoms with Gasteiger partial charge >= 0.3 is 7.12 Å². The number of rotatable bonds is 7. The second kappa shape index (κ2) is 8.65. The molecule has 1 amide bonds. The number of primary amides is 1. The highest BCUT2D eigenvalue weighted by atomic mass is 16.5. The van der Waals surface area contributed by atoms with E-state index in [1.54, 1.807) is 34.9 Å². The molecule has 0 aliphatic carbocycles. The van der Waals surface area contributed by atoms with E-state index in [0.29, 0.717) is 34.7 Å². The molecule has 10 nitrogen and oxygen atoms in total. The van der Waals surface area contributed by atoms with Crippen LogP contribution in [0.3, 0.4) is 0 Å². The van der Waals surface area contributed by atoms with Gasteiger partial charge in [0.05, 0.1) is 12.6 Å². The summed E-state index contributed by atoms with van der Waals surface area (Å²) in [4.78, 5) is 16.4. The number of carbonyl (C=O) groups is 1. The van der Waals surface area contributed by atoms with Crippen molar-refractivity contribution in [2.24, 2.45) is 5.73 Å². The van der Waals surface area contributed by atoms with E-state index < -0.39 is 13.0 Å². The number of methoxy groups -OCH3 is 1. The molecule has 0 saturated carbocycles. The molecule has 162 valence electrons. The molecule has 4 aromatic rings. The molecule has 0 atom stereocenters. The zero-order valence-corrected chi connectivity index (χ0v) is 17.5. The Morgan fingerprint density at radius 1 is 1.19 bits per heavy atom. The van der Waals surface area contributed by atoms with E-state index in [0.717, 1.165) is 16.8 Å². The van der Waals surface area contributed by atoms with E-state index in [1.165, 1.54) is 7.11 Å². The molecule has 2 aromatic heterocycles. The highest BCUT2D eigenvalue weighted by Gasteiger charge is 2.18. The molecular formula is C21H21BN6O4. The molecule has 0 saturated heterocycles. The molecule has 0 fully saturated rings. The van der Waals surface area contributed by atoms with E-state index in [9.17, 15) is 14.8 Å². The topological polar surface area (TPSA) is 148 Å². The van der Waals surface area contributed by atoms with Crippen molar-refractivity contribution in [1.29, 1.82) is 0 Å². The molecule has 11 heteroatoms. The molecule has 0 spiro atoms. The fourth-order valence-corrected chi connectivity index (χ4v) is 3.55. The van der Waals surface area contributed by atoms with E-state index in [4.69, 9.17) is 10.5 Å². The Hall–Kier alpha value is -3.96. The van der Waals surface area contributed by atoms with Crippen LogP contribution in [0.5, 0.6) is 5.88 Å². The average molecular weight is 432 g/mol. The van der Waals surface area contributed by atoms with E-state index in [-0.39, 0.29) is 5.88 Å². The first-order chi connectivity index (χ1) is 15.4. The lowest BCUT2D eigenvalue weighted by Crippen LogP contribution is -2.30. The molecule has 4 rings (SSSR count). The summed E-state index contributed by atoms with van der Waals surface area (Å²) in [5.41, 5.74) is 8.65. The minimum Gasteiger partial charge on any atom is -0.477 e. The highest BCUT2D eigenvalue weighted by Crippen LogP contribution is 2.27. The SMILES string of the molecule is COc1nnc(-n2c(C)cc3c(C(N)=O)cccc32)nc1NCc1cccc(B(O)O)c1. The smallest absolute Gasteiger partial charge is 0.477 e. The minimum absolute atomic E-state index is 0.207. The van der Waals surface area contributed by atoms with Crippen LogP contribution < -0.4 is 21.3 Å². The van der Waals surface area contributed by atoms with Crippen molar-refractivity contribution >= 4 is 35.2 Å². The summed E-state index contributed by atoms with van der Waals surface area (Å²) in [6.07, 6.45) is 0. The van der Waals surface area contributed by atoms with Crippen LogP contribution in [0.15, 0.2) is 48.5 Å². The number of nitrogens with two attached hydrogens (primary N) is 1. The second-order valence-corrected chi connectivity index (χ2v) is 7.17. The number of fused-ring (bicyclic) bond motifs is 1. The first-order valence-corrected chi connectivity index (χ1v) is 9.78. The first-order valence-electron chi connectivity index (χ1n) is 9.78. The maximum atomic E-state index is 11.8. The minimum atomic E-state index is -1.55. The van der Waals surface area contributed by atoms with Crippen molar-refractivity contribution in [2.45, 2.75) is 13.5 Å². The zero-order chi connectivity index (χ0) is 22.8. The van der Waals surface area contributed by atoms with Crippen LogP contribution in [0, 0.1) is 6.92 Å². The predicted molar refractivity (Wildman–Crippen MR) is 120 cm³/mol. The van der Waals surface area contributed by atoms with Gasteiger partial charge in [-0.3, -0.25) is 9.36 Å². The molecule has 0 aliphatic heterocycles. The van der Waals surface area contributed by atoms with Gasteiger partial charge in [0.25, 0.3) is 11.8 Å². The molecular weight excluding hydrogens is 411 g/mol. The Balaban J connectivity index is 1.72. The van der Waals surface area contributed by atoms with Gasteiger partial charge in [0.15, 0.2) is 5.82 Å². The Kier molecular flexibility index (Phi) is 5.76. The van der Waals surface area contributed by atoms with E-state index in [1.807, 2.05) is 25.1 Å². The number of benzene rings is 2. The summed E-state index contributed by atoms with van der Waals surface area (Å²) in [5, 5.41) is 30.9. The van der Waals surface area contributed by atoms with Gasteiger partial charge in [-0.05, 0) is 36.1 Å². The Morgan fingerprint density at radius 2 is 1.97 bits per heavy atom. The van der Waals surface area contributed by atoms with Gasteiger partial charge in [0.1, 0.15) is 0 Å². The second-order valence-electron chi connectivity index (χ2n) is 7.17. The lowest BCUT2D eigenvalue weighted by molar-refractivity contribution is 0.100. The summed E-state index contributed by atoms with van der Waals surface area (Å²) in [5.74, 6) is 0.347. The zero-order valence-electron chi connectivity index (χ0n) is 17.5. The monoisotopic (exact) mass is 432 g/mol. The van der Waals surface area contributed by atoms with Gasteiger partial charge in [-0.25, -0.2) is 0 Å². The van der Waals surface area contributed by atoms with Gasteiger partial charge in [-0.2, -0.15) is 4.98 Å². The molecule has 2 heterocycles. The summed E-state index contributed by atoms with van der Waals surface area (Å²) in [6.45, 7) is 2.21. The molecule has 32 heavy (non-hydrogen) atoms. The van der Waals surface area contributed by atoms with Crippen molar-refractivity contribution in [3.05, 3.63) is 65.4 Å². The maximum absolute atomic E-state index is 11.8. The van der Waals surface area contributed by atoms with Crippen LogP contribution in [0.1, 0.15) is 21.6 Å². The number of nitrogens with zero attached hydrogens (tertiary/aromatic N) is 4. The van der Waals surface area contributed by atoms with Gasteiger partial charge in [0, 0.05) is 23.2 Å². The van der Waals surface area contributed by atoms with Gasteiger partial charge < -0.3 is 25.8 Å². The van der Waals surface area contributed by atoms with E-state index in [2.05, 4.69) is 20.5 Å². The Morgan fingerprint density at radius 3 is 2.69 bits per heavy atom. The number of hydrogen-bond donors (Lipinski definition) is 4. The average Bonchev–Trinajstić information content (AvgIpc) is 3.13. The molecule has 5 N–H and O–H groups in total. The summed E-state index contributed by atoms with van der Waals surface area (Å²) in [7, 11) is -0.0820. The molecule has 0 aliphatic rings. The van der Waals surface area contributed by atoms with Crippen molar-refractivity contribution in [2.75, 3.05) is 12.4 Å². The predicted octanol–water partition coefficient (Wildman–Crippen LogP) is 0.523. The summed E-state index contributed by atoms with van der Waals surface area (Å²) < 4.78 is 7.07. The number of nitrogens with one attached hydrogen (secondary N) is 1. The third-order valence-corrected chi connectivity index (χ3v) is 5.04. The summed E-state index contributed by atoms with van der Waals surface area (Å²) in [6, 6.07) is 14.0. The van der Waals surface area contributed by atoms with Crippen molar-refractivity contribution < 1.29 is 19.6 Å². The fraction of sp³-hybridized carbons (Fsp3) is 0.143. The van der Waals surface area contributed by atoms with Crippen LogP contribution in [0.25, 0.3) is 16.9 Å². The lowest BCUT2D eigenvalue weighted by Gasteiger charge is -2.12. The third-order valence-electron chi connectivity index (χ3n) is 5.04. The van der Waals surface area contributed by atoms with Crippen LogP contribution in [-0.2, 0) is 6.54 Å². The number of ether oxygens (including phenoxy) is 1. The number of amides is 1. The Labute approximate surface area is 183 Å². The van der Waals surface area contributed by atoms with Crippen LogP contribution >= 0.6 is 0 Å². The normalized spacial score (nSPS) is 10.9. The van der Waals surface area contributed by atoms with Crippen molar-refractivity contribution in [3.8, 4) is 11.8 Å². The molecule has 2 aromatic carbocycles. The molecule has 0 unspecified atom stereocenters. The van der Waals surface area contributed by atoms with Crippen LogP contribution in [0.2, 0.25) is 0 Å². The third kappa shape index (κ3) is 3.98. The number of carbonyl (C=O) groups excluding carboxylic acids is 1. The largest absolute Gasteiger partial charge is 0.488 e. The number of aryl methyl sites for hydroxylation is 1. The molecule has 0 radical (unpaired) electrons. The van der Waals surface area contributed by atoms with Crippen LogP contribution in [-0.4, -0.2) is 49.9 Å². The molecule has 0 bridgehead atoms. The lowest BCUT2D eigenvalue weighted by atomic mass is 9.80. The number of hydrogen-bond acceptors (Lipinski definition) is 8. The number of aromatic nitrogens is 4. The van der Waals surface area contributed by atoms with Gasteiger partial charge in [-0.15, -0.1) is 10.2 Å². The highest BCUT2D eigenvalue weighted by molar-refractivity contribution is 6.58. The van der Waals surface area contributed by atoms with Gasteiger partial charge in [0.2, 0.25) is 5.91 Å².